The number of thiophene rings is 1. The molecule has 1 aliphatic rings. The molecule has 1 fully saturated rings. The summed E-state index contributed by atoms with van der Waals surface area (Å²) < 4.78 is 33.3. The first-order chi connectivity index (χ1) is 12.4. The number of carbonyl (C=O) groups is 1. The van der Waals surface area contributed by atoms with E-state index in [2.05, 4.69) is 15.9 Å². The number of ether oxygens (including phenoxy) is 1. The summed E-state index contributed by atoms with van der Waals surface area (Å²) in [6.07, 6.45) is 0. The van der Waals surface area contributed by atoms with Gasteiger partial charge in [-0.2, -0.15) is 4.31 Å². The van der Waals surface area contributed by atoms with Gasteiger partial charge in [-0.1, -0.05) is 12.1 Å². The van der Waals surface area contributed by atoms with Crippen molar-refractivity contribution in [3.05, 3.63) is 45.7 Å². The van der Waals surface area contributed by atoms with Crippen LogP contribution in [-0.2, 0) is 14.8 Å². The maximum atomic E-state index is 12.6. The smallest absolute Gasteiger partial charge is 0.260 e. The molecule has 2 aromatic rings. The fourth-order valence-corrected chi connectivity index (χ4v) is 6.27. The third-order valence-electron chi connectivity index (χ3n) is 4.09. The normalized spacial score (nSPS) is 15.8. The highest BCUT2D eigenvalue weighted by atomic mass is 79.9. The van der Waals surface area contributed by atoms with Gasteiger partial charge < -0.3 is 9.64 Å². The van der Waals surface area contributed by atoms with Crippen molar-refractivity contribution >= 4 is 43.2 Å². The fraction of sp³-hybridized carbons (Fsp3) is 0.353. The van der Waals surface area contributed by atoms with Crippen LogP contribution in [-0.4, -0.2) is 56.3 Å². The molecule has 6 nitrogen and oxygen atoms in total. The van der Waals surface area contributed by atoms with Crippen LogP contribution in [0.3, 0.4) is 0 Å². The predicted octanol–water partition coefficient (Wildman–Crippen LogP) is 2.73. The molecule has 2 heterocycles. The number of carbonyl (C=O) groups excluding carboxylic acids is 1. The largest absolute Gasteiger partial charge is 0.484 e. The lowest BCUT2D eigenvalue weighted by Crippen LogP contribution is -2.51. The van der Waals surface area contributed by atoms with Gasteiger partial charge in [-0.05, 0) is 52.7 Å². The Morgan fingerprint density at radius 1 is 1.19 bits per heavy atom. The second kappa shape index (κ2) is 8.08. The molecule has 0 radical (unpaired) electrons. The number of hydrogen-bond acceptors (Lipinski definition) is 5. The van der Waals surface area contributed by atoms with Crippen LogP contribution < -0.4 is 4.74 Å². The zero-order chi connectivity index (χ0) is 18.7. The Hall–Kier alpha value is -1.42. The molecule has 3 rings (SSSR count). The van der Waals surface area contributed by atoms with E-state index >= 15 is 0 Å². The first kappa shape index (κ1) is 19.3. The third kappa shape index (κ3) is 4.46. The Kier molecular flexibility index (Phi) is 6.01. The first-order valence-corrected chi connectivity index (χ1v) is 11.1. The number of rotatable bonds is 5. The summed E-state index contributed by atoms with van der Waals surface area (Å²) in [7, 11) is -3.50. The van der Waals surface area contributed by atoms with E-state index in [0.29, 0.717) is 23.0 Å². The van der Waals surface area contributed by atoms with Crippen molar-refractivity contribution in [3.63, 3.8) is 0 Å². The Morgan fingerprint density at radius 2 is 1.92 bits per heavy atom. The van der Waals surface area contributed by atoms with Gasteiger partial charge in [-0.25, -0.2) is 8.42 Å². The van der Waals surface area contributed by atoms with E-state index < -0.39 is 10.0 Å². The summed E-state index contributed by atoms with van der Waals surface area (Å²) in [6.45, 7) is 3.21. The monoisotopic (exact) mass is 458 g/mol. The number of nitrogens with zero attached hydrogens (tertiary/aromatic N) is 2. The fourth-order valence-electron chi connectivity index (χ4n) is 2.68. The predicted molar refractivity (Wildman–Crippen MR) is 104 cm³/mol. The standard InChI is InChI=1S/C17H19BrN2O4S2/c1-13-3-2-4-14(11-13)24-12-16(21)19-7-9-20(10-8-19)26(22,23)17-6-5-15(18)25-17/h2-6,11H,7-10,12H2,1H3. The molecule has 1 aromatic carbocycles. The van der Waals surface area contributed by atoms with E-state index in [1.807, 2.05) is 31.2 Å². The lowest BCUT2D eigenvalue weighted by Gasteiger charge is -2.33. The van der Waals surface area contributed by atoms with Crippen LogP contribution in [0.2, 0.25) is 0 Å². The molecule has 1 saturated heterocycles. The quantitative estimate of drug-likeness (QED) is 0.690. The molecule has 26 heavy (non-hydrogen) atoms. The second-order valence-corrected chi connectivity index (χ2v) is 10.6. The van der Waals surface area contributed by atoms with Gasteiger partial charge in [0.25, 0.3) is 15.9 Å². The van der Waals surface area contributed by atoms with Crippen molar-refractivity contribution in [3.8, 4) is 5.75 Å². The van der Waals surface area contributed by atoms with Crippen molar-refractivity contribution in [1.29, 1.82) is 0 Å². The average molecular weight is 459 g/mol. The molecule has 1 amide bonds. The topological polar surface area (TPSA) is 66.9 Å². The minimum absolute atomic E-state index is 0.0475. The van der Waals surface area contributed by atoms with Crippen LogP contribution in [0.4, 0.5) is 0 Å². The summed E-state index contributed by atoms with van der Waals surface area (Å²) in [6, 6.07) is 10.8. The van der Waals surface area contributed by atoms with E-state index in [0.717, 1.165) is 9.35 Å². The van der Waals surface area contributed by atoms with Gasteiger partial charge in [0.05, 0.1) is 3.79 Å². The molecule has 0 aliphatic carbocycles. The summed E-state index contributed by atoms with van der Waals surface area (Å²) in [4.78, 5) is 14.0. The lowest BCUT2D eigenvalue weighted by atomic mass is 10.2. The average Bonchev–Trinajstić information content (AvgIpc) is 3.07. The van der Waals surface area contributed by atoms with E-state index in [9.17, 15) is 13.2 Å². The molecule has 0 bridgehead atoms. The van der Waals surface area contributed by atoms with Crippen LogP contribution in [0.5, 0.6) is 5.75 Å². The van der Waals surface area contributed by atoms with Gasteiger partial charge in [-0.15, -0.1) is 11.3 Å². The Bertz CT molecular complexity index is 890. The van der Waals surface area contributed by atoms with Crippen molar-refractivity contribution < 1.29 is 17.9 Å². The van der Waals surface area contributed by atoms with Gasteiger partial charge >= 0.3 is 0 Å². The number of amides is 1. The molecule has 0 unspecified atom stereocenters. The maximum Gasteiger partial charge on any atom is 0.260 e. The highest BCUT2D eigenvalue weighted by Gasteiger charge is 2.31. The Balaban J connectivity index is 1.54. The molecule has 0 saturated carbocycles. The summed E-state index contributed by atoms with van der Waals surface area (Å²) in [5.74, 6) is 0.519. The Labute approximate surface area is 165 Å². The maximum absolute atomic E-state index is 12.6. The van der Waals surface area contributed by atoms with Crippen LogP contribution in [0, 0.1) is 6.92 Å². The zero-order valence-electron chi connectivity index (χ0n) is 14.2. The van der Waals surface area contributed by atoms with Gasteiger partial charge in [0, 0.05) is 26.2 Å². The van der Waals surface area contributed by atoms with E-state index in [-0.39, 0.29) is 25.6 Å². The summed E-state index contributed by atoms with van der Waals surface area (Å²) >= 11 is 4.48. The lowest BCUT2D eigenvalue weighted by molar-refractivity contribution is -0.134. The van der Waals surface area contributed by atoms with Crippen LogP contribution >= 0.6 is 27.3 Å². The SMILES string of the molecule is Cc1cccc(OCC(=O)N2CCN(S(=O)(=O)c3ccc(Br)s3)CC2)c1. The molecule has 1 aromatic heterocycles. The van der Waals surface area contributed by atoms with Crippen LogP contribution in [0.15, 0.2) is 44.4 Å². The minimum Gasteiger partial charge on any atom is -0.484 e. The van der Waals surface area contributed by atoms with Gasteiger partial charge in [-0.3, -0.25) is 4.79 Å². The number of halogens is 1. The van der Waals surface area contributed by atoms with Crippen molar-refractivity contribution in [2.45, 2.75) is 11.1 Å². The molecule has 140 valence electrons. The van der Waals surface area contributed by atoms with Crippen LogP contribution in [0.1, 0.15) is 5.56 Å². The number of benzene rings is 1. The molecule has 0 spiro atoms. The highest BCUT2D eigenvalue weighted by Crippen LogP contribution is 2.29. The highest BCUT2D eigenvalue weighted by molar-refractivity contribution is 9.11. The minimum atomic E-state index is -3.50. The molecule has 0 N–H and O–H groups in total. The van der Waals surface area contributed by atoms with Crippen molar-refractivity contribution in [2.24, 2.45) is 0 Å². The molecule has 1 aliphatic heterocycles. The van der Waals surface area contributed by atoms with Gasteiger partial charge in [0.2, 0.25) is 0 Å². The van der Waals surface area contributed by atoms with E-state index in [4.69, 9.17) is 4.74 Å². The van der Waals surface area contributed by atoms with Crippen LogP contribution in [0.25, 0.3) is 0 Å². The number of aryl methyl sites for hydroxylation is 1. The first-order valence-electron chi connectivity index (χ1n) is 8.09. The molecular formula is C17H19BrN2O4S2. The van der Waals surface area contributed by atoms with E-state index in [1.165, 1.54) is 15.6 Å². The summed E-state index contributed by atoms with van der Waals surface area (Å²) in [5.41, 5.74) is 1.06. The second-order valence-electron chi connectivity index (χ2n) is 5.95. The number of hydrogen-bond donors (Lipinski definition) is 0. The number of piperazine rings is 1. The summed E-state index contributed by atoms with van der Waals surface area (Å²) in [5, 5.41) is 0. The molecule has 9 heteroatoms. The van der Waals surface area contributed by atoms with Crippen molar-refractivity contribution in [2.75, 3.05) is 32.8 Å². The van der Waals surface area contributed by atoms with Gasteiger partial charge in [0.1, 0.15) is 9.96 Å². The number of sulfonamides is 1. The third-order valence-corrected chi connectivity index (χ3v) is 8.08. The molecule has 0 atom stereocenters. The van der Waals surface area contributed by atoms with E-state index in [1.54, 1.807) is 17.0 Å². The molecular weight excluding hydrogens is 440 g/mol. The zero-order valence-corrected chi connectivity index (χ0v) is 17.4. The van der Waals surface area contributed by atoms with Gasteiger partial charge in [0.15, 0.2) is 6.61 Å². The Morgan fingerprint density at radius 3 is 2.54 bits per heavy atom. The van der Waals surface area contributed by atoms with Crippen molar-refractivity contribution in [1.82, 2.24) is 9.21 Å².